The van der Waals surface area contributed by atoms with Crippen LogP contribution >= 0.6 is 0 Å². The predicted molar refractivity (Wildman–Crippen MR) is 85.7 cm³/mol. The van der Waals surface area contributed by atoms with Gasteiger partial charge in [-0.1, -0.05) is 6.92 Å². The smallest absolute Gasteiger partial charge is 0.350 e. The van der Waals surface area contributed by atoms with Crippen LogP contribution in [0.3, 0.4) is 0 Å². The molecule has 0 atom stereocenters. The molecule has 0 spiro atoms. The van der Waals surface area contributed by atoms with Gasteiger partial charge in [-0.05, 0) is 37.5 Å². The Bertz CT molecular complexity index is 511. The van der Waals surface area contributed by atoms with E-state index in [4.69, 9.17) is 5.73 Å². The van der Waals surface area contributed by atoms with Gasteiger partial charge in [-0.2, -0.15) is 13.1 Å². The lowest BCUT2D eigenvalue weighted by Gasteiger charge is -2.32. The highest BCUT2D eigenvalue weighted by atomic mass is 32.2. The third-order valence-corrected chi connectivity index (χ3v) is 6.31. The Morgan fingerprint density at radius 1 is 1.17 bits per heavy atom. The van der Waals surface area contributed by atoms with Crippen molar-refractivity contribution in [2.45, 2.75) is 38.4 Å². The number of aliphatic imine (C=N–C) groups is 1. The van der Waals surface area contributed by atoms with Crippen LogP contribution in [0.25, 0.3) is 0 Å². The second-order valence-corrected chi connectivity index (χ2v) is 8.42. The lowest BCUT2D eigenvalue weighted by molar-refractivity contribution is 0.204. The molecule has 2 heterocycles. The Balaban J connectivity index is 1.79. The van der Waals surface area contributed by atoms with Crippen LogP contribution in [-0.2, 0) is 10.0 Å². The molecule has 23 heavy (non-hydrogen) atoms. The predicted octanol–water partition coefficient (Wildman–Crippen LogP) is 1.30. The zero-order valence-electron chi connectivity index (χ0n) is 13.5. The van der Waals surface area contributed by atoms with Gasteiger partial charge in [0.2, 0.25) is 0 Å². The number of nitrogens with two attached hydrogens (primary N) is 1. The van der Waals surface area contributed by atoms with Crippen LogP contribution in [0.15, 0.2) is 4.99 Å². The fourth-order valence-electron chi connectivity index (χ4n) is 3.02. The van der Waals surface area contributed by atoms with Gasteiger partial charge in [0.1, 0.15) is 0 Å². The maximum Gasteiger partial charge on any atom is 0.350 e. The Labute approximate surface area is 136 Å². The van der Waals surface area contributed by atoms with Gasteiger partial charge in [0.05, 0.1) is 0 Å². The van der Waals surface area contributed by atoms with Gasteiger partial charge in [-0.3, -0.25) is 4.99 Å². The Morgan fingerprint density at radius 2 is 1.74 bits per heavy atom. The lowest BCUT2D eigenvalue weighted by Crippen LogP contribution is -2.43. The Hall–Kier alpha value is -0.960. The average molecular weight is 352 g/mol. The minimum Gasteiger partial charge on any atom is -0.370 e. The van der Waals surface area contributed by atoms with Crippen LogP contribution in [0.1, 0.15) is 32.6 Å². The van der Waals surface area contributed by atoms with Gasteiger partial charge in [-0.15, -0.1) is 0 Å². The summed E-state index contributed by atoms with van der Waals surface area (Å²) in [4.78, 5) is 6.50. The molecule has 6 nitrogen and oxygen atoms in total. The summed E-state index contributed by atoms with van der Waals surface area (Å²) in [5.41, 5.74) is 6.02. The summed E-state index contributed by atoms with van der Waals surface area (Å²) in [6, 6.07) is 0. The molecule has 2 aliphatic rings. The highest BCUT2D eigenvalue weighted by Gasteiger charge is 2.34. The van der Waals surface area contributed by atoms with E-state index in [1.165, 1.54) is 0 Å². The van der Waals surface area contributed by atoms with E-state index in [-0.39, 0.29) is 19.0 Å². The number of nitrogens with zero attached hydrogens (tertiary/aromatic N) is 3. The van der Waals surface area contributed by atoms with Gasteiger partial charge in [-0.25, -0.2) is 8.42 Å². The monoisotopic (exact) mass is 352 g/mol. The highest BCUT2D eigenvalue weighted by molar-refractivity contribution is 7.89. The summed E-state index contributed by atoms with van der Waals surface area (Å²) < 4.78 is 48.7. The molecule has 0 unspecified atom stereocenters. The van der Waals surface area contributed by atoms with E-state index in [1.807, 2.05) is 0 Å². The second kappa shape index (κ2) is 7.74. The molecule has 0 radical (unpaired) electrons. The van der Waals surface area contributed by atoms with E-state index in [0.29, 0.717) is 25.3 Å². The second-order valence-electron chi connectivity index (χ2n) is 6.52. The molecule has 2 aliphatic heterocycles. The normalized spacial score (nSPS) is 23.7. The maximum atomic E-state index is 12.5. The summed E-state index contributed by atoms with van der Waals surface area (Å²) in [6.07, 6.45) is 3.31. The standard InChI is InChI=1S/C14H26F2N4O2S/c1-11-2-6-19(7-3-11)14(17)18-10-12-4-8-20(9-5-12)23(21,22)13(15)16/h11-13H,2-10H2,1H3,(H2,17,18). The van der Waals surface area contributed by atoms with Crippen molar-refractivity contribution in [1.82, 2.24) is 9.21 Å². The summed E-state index contributed by atoms with van der Waals surface area (Å²) >= 11 is 0. The van der Waals surface area contributed by atoms with Crippen LogP contribution in [0.4, 0.5) is 8.78 Å². The summed E-state index contributed by atoms with van der Waals surface area (Å²) in [5, 5.41) is 0. The third kappa shape index (κ3) is 4.76. The van der Waals surface area contributed by atoms with Crippen molar-refractivity contribution >= 4 is 16.0 Å². The first-order valence-corrected chi connectivity index (χ1v) is 9.63. The molecule has 2 rings (SSSR count). The lowest BCUT2D eigenvalue weighted by atomic mass is 9.98. The molecule has 2 saturated heterocycles. The van der Waals surface area contributed by atoms with Crippen LogP contribution < -0.4 is 5.73 Å². The number of likely N-dealkylation sites (tertiary alicyclic amines) is 1. The van der Waals surface area contributed by atoms with E-state index < -0.39 is 15.8 Å². The van der Waals surface area contributed by atoms with E-state index >= 15 is 0 Å². The van der Waals surface area contributed by atoms with Gasteiger partial charge < -0.3 is 10.6 Å². The minimum absolute atomic E-state index is 0.133. The van der Waals surface area contributed by atoms with Crippen LogP contribution in [-0.4, -0.2) is 62.1 Å². The average Bonchev–Trinajstić information content (AvgIpc) is 2.53. The number of guanidine groups is 1. The van der Waals surface area contributed by atoms with E-state index in [1.54, 1.807) is 0 Å². The number of hydrogen-bond acceptors (Lipinski definition) is 3. The summed E-state index contributed by atoms with van der Waals surface area (Å²) in [7, 11) is -4.45. The number of alkyl halides is 2. The first-order valence-electron chi connectivity index (χ1n) is 8.12. The SMILES string of the molecule is CC1CCN(C(N)=NCC2CCN(S(=O)(=O)C(F)F)CC2)CC1. The Kier molecular flexibility index (Phi) is 6.19. The van der Waals surface area contributed by atoms with Crippen molar-refractivity contribution in [2.24, 2.45) is 22.6 Å². The number of piperidine rings is 2. The van der Waals surface area contributed by atoms with Crippen LogP contribution in [0.2, 0.25) is 0 Å². The van der Waals surface area contributed by atoms with Crippen LogP contribution in [0.5, 0.6) is 0 Å². The molecular weight excluding hydrogens is 326 g/mol. The van der Waals surface area contributed by atoms with Crippen molar-refractivity contribution in [1.29, 1.82) is 0 Å². The molecule has 0 amide bonds. The molecule has 134 valence electrons. The van der Waals surface area contributed by atoms with Gasteiger partial charge >= 0.3 is 5.76 Å². The van der Waals surface area contributed by atoms with Crippen LogP contribution in [0, 0.1) is 11.8 Å². The highest BCUT2D eigenvalue weighted by Crippen LogP contribution is 2.23. The van der Waals surface area contributed by atoms with Crippen molar-refractivity contribution < 1.29 is 17.2 Å². The molecule has 0 aromatic heterocycles. The largest absolute Gasteiger partial charge is 0.370 e. The van der Waals surface area contributed by atoms with E-state index in [9.17, 15) is 17.2 Å². The zero-order valence-corrected chi connectivity index (χ0v) is 14.3. The topological polar surface area (TPSA) is 79.0 Å². The van der Waals surface area contributed by atoms with Crippen molar-refractivity contribution in [3.8, 4) is 0 Å². The zero-order chi connectivity index (χ0) is 17.0. The number of rotatable bonds is 4. The van der Waals surface area contributed by atoms with Gasteiger partial charge in [0.15, 0.2) is 5.96 Å². The molecule has 0 aromatic rings. The molecule has 9 heteroatoms. The van der Waals surface area contributed by atoms with E-state index in [0.717, 1.165) is 36.2 Å². The number of halogens is 2. The molecule has 2 fully saturated rings. The molecule has 2 N–H and O–H groups in total. The molecular formula is C14H26F2N4O2S. The third-order valence-electron chi connectivity index (χ3n) is 4.78. The molecule has 0 bridgehead atoms. The molecule has 0 aromatic carbocycles. The number of sulfonamides is 1. The van der Waals surface area contributed by atoms with Gasteiger partial charge in [0, 0.05) is 32.7 Å². The fourth-order valence-corrected chi connectivity index (χ4v) is 3.96. The number of hydrogen-bond donors (Lipinski definition) is 1. The molecule has 0 saturated carbocycles. The Morgan fingerprint density at radius 3 is 2.26 bits per heavy atom. The van der Waals surface area contributed by atoms with Crippen molar-refractivity contribution in [3.63, 3.8) is 0 Å². The fraction of sp³-hybridized carbons (Fsp3) is 0.929. The maximum absolute atomic E-state index is 12.5. The first kappa shape index (κ1) is 18.4. The van der Waals surface area contributed by atoms with Gasteiger partial charge in [0.25, 0.3) is 10.0 Å². The van der Waals surface area contributed by atoms with Crippen molar-refractivity contribution in [2.75, 3.05) is 32.7 Å². The molecule has 0 aliphatic carbocycles. The first-order chi connectivity index (χ1) is 10.8. The van der Waals surface area contributed by atoms with Crippen molar-refractivity contribution in [3.05, 3.63) is 0 Å². The summed E-state index contributed by atoms with van der Waals surface area (Å²) in [6.45, 7) is 4.86. The summed E-state index contributed by atoms with van der Waals surface area (Å²) in [5.74, 6) is -1.88. The quantitative estimate of drug-likeness (QED) is 0.611. The van der Waals surface area contributed by atoms with E-state index in [2.05, 4.69) is 16.8 Å². The minimum atomic E-state index is -4.45.